The topological polar surface area (TPSA) is 122 Å². The number of nitrogens with zero attached hydrogens (tertiary/aromatic N) is 1. The van der Waals surface area contributed by atoms with Gasteiger partial charge in [0.05, 0.1) is 0 Å². The zero-order valence-electron chi connectivity index (χ0n) is 19.1. The van der Waals surface area contributed by atoms with Crippen molar-refractivity contribution in [2.45, 2.75) is 79.8 Å². The third-order valence-electron chi connectivity index (χ3n) is 3.99. The Morgan fingerprint density at radius 2 is 1.54 bits per heavy atom. The third kappa shape index (κ3) is 10.4. The number of carbonyl (C=O) groups is 4. The first-order chi connectivity index (χ1) is 12.7. The van der Waals surface area contributed by atoms with Crippen molar-refractivity contribution in [3.05, 3.63) is 0 Å². The van der Waals surface area contributed by atoms with Crippen LogP contribution < -0.4 is 16.4 Å². The van der Waals surface area contributed by atoms with Crippen LogP contribution in [0.15, 0.2) is 0 Å². The summed E-state index contributed by atoms with van der Waals surface area (Å²) >= 11 is 0. The SMILES string of the molecule is CC.CC(=O)CC(C(=O)NCCN)N(C)C(=O)C(C)(C)CC(C)(C)NC(C)=O. The maximum absolute atomic E-state index is 13.0. The van der Waals surface area contributed by atoms with Crippen LogP contribution in [-0.2, 0) is 19.2 Å². The maximum Gasteiger partial charge on any atom is 0.243 e. The number of hydrogen-bond acceptors (Lipinski definition) is 5. The van der Waals surface area contributed by atoms with Crippen LogP contribution in [0.5, 0.6) is 0 Å². The summed E-state index contributed by atoms with van der Waals surface area (Å²) in [5.41, 5.74) is 3.96. The van der Waals surface area contributed by atoms with Gasteiger partial charge < -0.3 is 21.3 Å². The van der Waals surface area contributed by atoms with Crippen molar-refractivity contribution < 1.29 is 19.2 Å². The zero-order valence-corrected chi connectivity index (χ0v) is 19.1. The molecule has 0 aromatic heterocycles. The molecule has 0 aromatic rings. The average Bonchev–Trinajstić information content (AvgIpc) is 2.55. The van der Waals surface area contributed by atoms with Crippen LogP contribution in [0, 0.1) is 5.41 Å². The number of rotatable bonds is 10. The fraction of sp³-hybridized carbons (Fsp3) is 0.800. The van der Waals surface area contributed by atoms with Gasteiger partial charge >= 0.3 is 0 Å². The molecule has 0 bridgehead atoms. The van der Waals surface area contributed by atoms with Crippen LogP contribution in [0.1, 0.15) is 68.2 Å². The summed E-state index contributed by atoms with van der Waals surface area (Å²) in [5.74, 6) is -1.04. The lowest BCUT2D eigenvalue weighted by molar-refractivity contribution is -0.148. The Labute approximate surface area is 170 Å². The fourth-order valence-corrected chi connectivity index (χ4v) is 3.31. The van der Waals surface area contributed by atoms with Gasteiger partial charge in [-0.05, 0) is 27.2 Å². The number of nitrogens with one attached hydrogen (secondary N) is 2. The van der Waals surface area contributed by atoms with Crippen molar-refractivity contribution >= 4 is 23.5 Å². The molecule has 0 heterocycles. The van der Waals surface area contributed by atoms with E-state index in [1.165, 1.54) is 25.8 Å². The van der Waals surface area contributed by atoms with E-state index in [2.05, 4.69) is 10.6 Å². The highest BCUT2D eigenvalue weighted by molar-refractivity contribution is 5.93. The van der Waals surface area contributed by atoms with E-state index in [9.17, 15) is 19.2 Å². The van der Waals surface area contributed by atoms with Crippen molar-refractivity contribution in [1.82, 2.24) is 15.5 Å². The minimum absolute atomic E-state index is 0.0657. The van der Waals surface area contributed by atoms with E-state index in [0.717, 1.165) is 0 Å². The second-order valence-electron chi connectivity index (χ2n) is 8.04. The molecule has 0 rings (SSSR count). The van der Waals surface area contributed by atoms with Gasteiger partial charge in [-0.1, -0.05) is 27.7 Å². The monoisotopic (exact) mass is 400 g/mol. The van der Waals surface area contributed by atoms with Gasteiger partial charge in [0.1, 0.15) is 11.8 Å². The number of ketones is 1. The van der Waals surface area contributed by atoms with Crippen LogP contribution in [-0.4, -0.2) is 60.1 Å². The van der Waals surface area contributed by atoms with Gasteiger partial charge in [0.15, 0.2) is 0 Å². The Balaban J connectivity index is 0. The molecule has 0 aliphatic carbocycles. The molecule has 0 radical (unpaired) electrons. The van der Waals surface area contributed by atoms with Crippen molar-refractivity contribution in [2.24, 2.45) is 11.1 Å². The minimum Gasteiger partial charge on any atom is -0.353 e. The molecule has 0 saturated carbocycles. The predicted octanol–water partition coefficient (Wildman–Crippen LogP) is 1.22. The quantitative estimate of drug-likeness (QED) is 0.509. The smallest absolute Gasteiger partial charge is 0.243 e. The zero-order chi connectivity index (χ0) is 22.7. The molecular formula is C20H40N4O4. The number of amides is 3. The van der Waals surface area contributed by atoms with Crippen LogP contribution in [0.25, 0.3) is 0 Å². The van der Waals surface area contributed by atoms with Gasteiger partial charge in [-0.3, -0.25) is 19.2 Å². The standard InChI is InChI=1S/C18H34N4O4.C2H6/c1-12(23)10-14(15(25)20-9-8-19)22(7)16(26)17(3,4)11-18(5,6)21-13(2)24;1-2/h14H,8-11,19H2,1-7H3,(H,20,25)(H,21,24);1-2H3. The number of likely N-dealkylation sites (N-methyl/N-ethyl adjacent to an activating group) is 1. The van der Waals surface area contributed by atoms with Crippen molar-refractivity contribution in [3.8, 4) is 0 Å². The molecule has 28 heavy (non-hydrogen) atoms. The van der Waals surface area contributed by atoms with Crippen LogP contribution >= 0.6 is 0 Å². The average molecular weight is 401 g/mol. The lowest BCUT2D eigenvalue weighted by Gasteiger charge is -2.38. The van der Waals surface area contributed by atoms with E-state index in [-0.39, 0.29) is 37.1 Å². The lowest BCUT2D eigenvalue weighted by Crippen LogP contribution is -2.54. The predicted molar refractivity (Wildman–Crippen MR) is 112 cm³/mol. The highest BCUT2D eigenvalue weighted by Gasteiger charge is 2.40. The Bertz CT molecular complexity index is 544. The molecule has 0 fully saturated rings. The summed E-state index contributed by atoms with van der Waals surface area (Å²) in [7, 11) is 1.52. The highest BCUT2D eigenvalue weighted by atomic mass is 16.2. The lowest BCUT2D eigenvalue weighted by atomic mass is 9.78. The highest BCUT2D eigenvalue weighted by Crippen LogP contribution is 2.30. The third-order valence-corrected chi connectivity index (χ3v) is 3.99. The molecule has 8 heteroatoms. The van der Waals surface area contributed by atoms with Crippen molar-refractivity contribution in [1.29, 1.82) is 0 Å². The van der Waals surface area contributed by atoms with Gasteiger partial charge in [0.2, 0.25) is 17.7 Å². The summed E-state index contributed by atoms with van der Waals surface area (Å²) in [6.45, 7) is 14.5. The second-order valence-corrected chi connectivity index (χ2v) is 8.04. The molecule has 0 saturated heterocycles. The molecular weight excluding hydrogens is 360 g/mol. The first-order valence-electron chi connectivity index (χ1n) is 9.76. The van der Waals surface area contributed by atoms with E-state index >= 15 is 0 Å². The number of hydrogen-bond donors (Lipinski definition) is 3. The molecule has 0 spiro atoms. The van der Waals surface area contributed by atoms with Crippen LogP contribution in [0.3, 0.4) is 0 Å². The number of carbonyl (C=O) groups excluding carboxylic acids is 4. The van der Waals surface area contributed by atoms with E-state index in [0.29, 0.717) is 6.42 Å². The van der Waals surface area contributed by atoms with E-state index in [1.54, 1.807) is 13.8 Å². The molecule has 0 aliphatic heterocycles. The summed E-state index contributed by atoms with van der Waals surface area (Å²) < 4.78 is 0. The van der Waals surface area contributed by atoms with Crippen LogP contribution in [0.2, 0.25) is 0 Å². The first-order valence-corrected chi connectivity index (χ1v) is 9.76. The fourth-order valence-electron chi connectivity index (χ4n) is 3.31. The van der Waals surface area contributed by atoms with E-state index in [1.807, 2.05) is 27.7 Å². The molecule has 4 N–H and O–H groups in total. The Morgan fingerprint density at radius 3 is 1.93 bits per heavy atom. The van der Waals surface area contributed by atoms with Crippen molar-refractivity contribution in [3.63, 3.8) is 0 Å². The maximum atomic E-state index is 13.0. The second kappa shape index (κ2) is 12.5. The summed E-state index contributed by atoms with van der Waals surface area (Å²) in [4.78, 5) is 49.6. The Kier molecular flexibility index (Phi) is 12.6. The summed E-state index contributed by atoms with van der Waals surface area (Å²) in [5, 5.41) is 5.46. The van der Waals surface area contributed by atoms with E-state index in [4.69, 9.17) is 5.73 Å². The van der Waals surface area contributed by atoms with Gasteiger partial charge in [0.25, 0.3) is 0 Å². The Morgan fingerprint density at radius 1 is 1.04 bits per heavy atom. The van der Waals surface area contributed by atoms with Crippen molar-refractivity contribution in [2.75, 3.05) is 20.1 Å². The van der Waals surface area contributed by atoms with E-state index < -0.39 is 22.9 Å². The summed E-state index contributed by atoms with van der Waals surface area (Å²) in [6.07, 6.45) is 0.309. The first kappa shape index (κ1) is 28.3. The number of nitrogens with two attached hydrogens (primary N) is 1. The molecule has 3 amide bonds. The molecule has 8 nitrogen and oxygen atoms in total. The van der Waals surface area contributed by atoms with Gasteiger partial charge in [-0.15, -0.1) is 0 Å². The van der Waals surface area contributed by atoms with Gasteiger partial charge in [0, 0.05) is 44.4 Å². The number of Topliss-reactive ketones (excluding diaryl/α,β-unsaturated/α-hetero) is 1. The molecule has 164 valence electrons. The molecule has 1 unspecified atom stereocenters. The minimum atomic E-state index is -0.894. The van der Waals surface area contributed by atoms with Crippen LogP contribution in [0.4, 0.5) is 0 Å². The Hall–Kier alpha value is -1.96. The molecule has 0 aromatic carbocycles. The normalized spacial score (nSPS) is 12.2. The summed E-state index contributed by atoms with van der Waals surface area (Å²) in [6, 6.07) is -0.894. The van der Waals surface area contributed by atoms with Gasteiger partial charge in [-0.25, -0.2) is 0 Å². The molecule has 0 aliphatic rings. The largest absolute Gasteiger partial charge is 0.353 e. The molecule has 1 atom stereocenters. The van der Waals surface area contributed by atoms with Gasteiger partial charge in [-0.2, -0.15) is 0 Å².